The van der Waals surface area contributed by atoms with Gasteiger partial charge in [-0.05, 0) is 69.5 Å². The lowest BCUT2D eigenvalue weighted by atomic mass is 9.84. The lowest BCUT2D eigenvalue weighted by Crippen LogP contribution is -2.57. The predicted molar refractivity (Wildman–Crippen MR) is 87.6 cm³/mol. The van der Waals surface area contributed by atoms with Crippen molar-refractivity contribution in [3.8, 4) is 0 Å². The van der Waals surface area contributed by atoms with Gasteiger partial charge < -0.3 is 5.73 Å². The minimum atomic E-state index is 0.0299. The summed E-state index contributed by atoms with van der Waals surface area (Å²) in [6.45, 7) is 6.81. The van der Waals surface area contributed by atoms with E-state index in [0.717, 1.165) is 41.5 Å². The van der Waals surface area contributed by atoms with Crippen molar-refractivity contribution in [1.29, 1.82) is 0 Å². The zero-order chi connectivity index (χ0) is 14.8. The minimum absolute atomic E-state index is 0.0299. The Morgan fingerprint density at radius 2 is 1.95 bits per heavy atom. The quantitative estimate of drug-likeness (QED) is 0.885. The number of benzene rings is 1. The Labute approximate surface area is 132 Å². The van der Waals surface area contributed by atoms with Crippen LogP contribution >= 0.6 is 23.2 Å². The zero-order valence-electron chi connectivity index (χ0n) is 12.3. The van der Waals surface area contributed by atoms with Gasteiger partial charge in [-0.25, -0.2) is 0 Å². The van der Waals surface area contributed by atoms with E-state index >= 15 is 0 Å². The number of rotatable bonds is 5. The molecular formula is C16H24Cl2N2. The van der Waals surface area contributed by atoms with E-state index in [4.69, 9.17) is 28.9 Å². The fourth-order valence-corrected chi connectivity index (χ4v) is 3.49. The van der Waals surface area contributed by atoms with Crippen LogP contribution < -0.4 is 5.73 Å². The molecule has 2 N–H and O–H groups in total. The van der Waals surface area contributed by atoms with Crippen molar-refractivity contribution in [1.82, 2.24) is 4.90 Å². The highest BCUT2D eigenvalue weighted by Crippen LogP contribution is 2.30. The van der Waals surface area contributed by atoms with Crippen LogP contribution in [0.3, 0.4) is 0 Å². The van der Waals surface area contributed by atoms with Gasteiger partial charge in [0.15, 0.2) is 0 Å². The van der Waals surface area contributed by atoms with E-state index in [2.05, 4.69) is 18.7 Å². The maximum atomic E-state index is 6.55. The van der Waals surface area contributed by atoms with E-state index in [-0.39, 0.29) is 11.6 Å². The minimum Gasteiger partial charge on any atom is -0.326 e. The Bertz CT molecular complexity index is 458. The van der Waals surface area contributed by atoms with Crippen molar-refractivity contribution in [2.24, 2.45) is 5.73 Å². The van der Waals surface area contributed by atoms with Crippen LogP contribution in [0.4, 0.5) is 0 Å². The molecule has 0 radical (unpaired) electrons. The van der Waals surface area contributed by atoms with Gasteiger partial charge in [0.1, 0.15) is 0 Å². The van der Waals surface area contributed by atoms with Crippen molar-refractivity contribution in [2.45, 2.75) is 51.1 Å². The average molecular weight is 315 g/mol. The molecule has 2 rings (SSSR count). The van der Waals surface area contributed by atoms with Crippen LogP contribution in [0.2, 0.25) is 10.0 Å². The summed E-state index contributed by atoms with van der Waals surface area (Å²) < 4.78 is 0. The largest absolute Gasteiger partial charge is 0.326 e. The molecule has 20 heavy (non-hydrogen) atoms. The SMILES string of the molecule is CCC(C)(C(N)Cc1cc(Cl)ccc1Cl)N1CCCC1. The maximum absolute atomic E-state index is 6.55. The van der Waals surface area contributed by atoms with E-state index in [1.807, 2.05) is 18.2 Å². The standard InChI is InChI=1S/C16H24Cl2N2/c1-3-16(2,20-8-4-5-9-20)15(19)11-12-10-13(17)6-7-14(12)18/h6-7,10,15H,3-5,8-9,11,19H2,1-2H3. The lowest BCUT2D eigenvalue weighted by Gasteiger charge is -2.43. The van der Waals surface area contributed by atoms with Crippen molar-refractivity contribution in [2.75, 3.05) is 13.1 Å². The highest BCUT2D eigenvalue weighted by atomic mass is 35.5. The molecule has 0 saturated carbocycles. The Balaban J connectivity index is 2.16. The predicted octanol–water partition coefficient (Wildman–Crippen LogP) is 4.13. The average Bonchev–Trinajstić information content (AvgIpc) is 2.96. The highest BCUT2D eigenvalue weighted by molar-refractivity contribution is 6.33. The molecule has 112 valence electrons. The Hall–Kier alpha value is -0.280. The summed E-state index contributed by atoms with van der Waals surface area (Å²) in [6, 6.07) is 5.66. The summed E-state index contributed by atoms with van der Waals surface area (Å²) in [6.07, 6.45) is 4.37. The van der Waals surface area contributed by atoms with Crippen LogP contribution in [0.15, 0.2) is 18.2 Å². The second-order valence-corrected chi connectivity index (χ2v) is 6.79. The normalized spacial score (nSPS) is 20.9. The van der Waals surface area contributed by atoms with E-state index in [1.165, 1.54) is 12.8 Å². The Morgan fingerprint density at radius 3 is 2.55 bits per heavy atom. The number of likely N-dealkylation sites (tertiary alicyclic amines) is 1. The molecule has 2 atom stereocenters. The number of nitrogens with two attached hydrogens (primary N) is 1. The molecule has 1 aromatic carbocycles. The smallest absolute Gasteiger partial charge is 0.0439 e. The second kappa shape index (κ2) is 6.65. The van der Waals surface area contributed by atoms with Crippen molar-refractivity contribution >= 4 is 23.2 Å². The first-order valence-corrected chi connectivity index (χ1v) is 8.17. The van der Waals surface area contributed by atoms with E-state index < -0.39 is 0 Å². The van der Waals surface area contributed by atoms with Crippen LogP contribution in [0.5, 0.6) is 0 Å². The van der Waals surface area contributed by atoms with Crippen LogP contribution in [0, 0.1) is 0 Å². The van der Waals surface area contributed by atoms with Gasteiger partial charge in [-0.15, -0.1) is 0 Å². The molecule has 1 heterocycles. The van der Waals surface area contributed by atoms with Crippen molar-refractivity contribution in [3.63, 3.8) is 0 Å². The summed E-state index contributed by atoms with van der Waals surface area (Å²) in [5.41, 5.74) is 7.63. The molecule has 0 spiro atoms. The van der Waals surface area contributed by atoms with Gasteiger partial charge in [-0.3, -0.25) is 4.90 Å². The molecule has 0 bridgehead atoms. The Kier molecular flexibility index (Phi) is 5.36. The molecule has 1 aliphatic heterocycles. The number of halogens is 2. The zero-order valence-corrected chi connectivity index (χ0v) is 13.8. The third-order valence-electron chi connectivity index (χ3n) is 4.79. The van der Waals surface area contributed by atoms with Gasteiger partial charge in [-0.2, -0.15) is 0 Å². The van der Waals surface area contributed by atoms with Gasteiger partial charge in [0, 0.05) is 21.6 Å². The third-order valence-corrected chi connectivity index (χ3v) is 5.39. The van der Waals surface area contributed by atoms with Gasteiger partial charge in [0.2, 0.25) is 0 Å². The topological polar surface area (TPSA) is 29.3 Å². The first-order chi connectivity index (χ1) is 9.47. The summed E-state index contributed by atoms with van der Waals surface area (Å²) >= 11 is 12.3. The molecular weight excluding hydrogens is 291 g/mol. The summed E-state index contributed by atoms with van der Waals surface area (Å²) in [5.74, 6) is 0. The molecule has 2 unspecified atom stereocenters. The third kappa shape index (κ3) is 3.30. The number of hydrogen-bond acceptors (Lipinski definition) is 2. The van der Waals surface area contributed by atoms with Crippen LogP contribution in [0.1, 0.15) is 38.7 Å². The second-order valence-electron chi connectivity index (χ2n) is 5.95. The number of hydrogen-bond donors (Lipinski definition) is 1. The van der Waals surface area contributed by atoms with Gasteiger partial charge >= 0.3 is 0 Å². The molecule has 4 heteroatoms. The molecule has 1 fully saturated rings. The summed E-state index contributed by atoms with van der Waals surface area (Å²) in [7, 11) is 0. The number of nitrogens with zero attached hydrogens (tertiary/aromatic N) is 1. The monoisotopic (exact) mass is 314 g/mol. The molecule has 1 aromatic rings. The van der Waals surface area contributed by atoms with Crippen LogP contribution in [-0.4, -0.2) is 29.6 Å². The first-order valence-electron chi connectivity index (χ1n) is 7.42. The van der Waals surface area contributed by atoms with Gasteiger partial charge in [-0.1, -0.05) is 30.1 Å². The van der Waals surface area contributed by atoms with Crippen molar-refractivity contribution in [3.05, 3.63) is 33.8 Å². The molecule has 0 aliphatic carbocycles. The van der Waals surface area contributed by atoms with E-state index in [0.29, 0.717) is 0 Å². The van der Waals surface area contributed by atoms with E-state index in [1.54, 1.807) is 0 Å². The molecule has 0 amide bonds. The maximum Gasteiger partial charge on any atom is 0.0439 e. The summed E-state index contributed by atoms with van der Waals surface area (Å²) in [5, 5.41) is 1.47. The van der Waals surface area contributed by atoms with Crippen LogP contribution in [-0.2, 0) is 6.42 Å². The molecule has 2 nitrogen and oxygen atoms in total. The first kappa shape index (κ1) is 16.1. The molecule has 0 aromatic heterocycles. The Morgan fingerprint density at radius 1 is 1.30 bits per heavy atom. The lowest BCUT2D eigenvalue weighted by molar-refractivity contribution is 0.0999. The van der Waals surface area contributed by atoms with Crippen molar-refractivity contribution < 1.29 is 0 Å². The fraction of sp³-hybridized carbons (Fsp3) is 0.625. The molecule has 1 saturated heterocycles. The van der Waals surface area contributed by atoms with Crippen LogP contribution in [0.25, 0.3) is 0 Å². The fourth-order valence-electron chi connectivity index (χ4n) is 3.10. The summed E-state index contributed by atoms with van der Waals surface area (Å²) in [4.78, 5) is 2.54. The highest BCUT2D eigenvalue weighted by Gasteiger charge is 2.37. The van der Waals surface area contributed by atoms with Gasteiger partial charge in [0.25, 0.3) is 0 Å². The van der Waals surface area contributed by atoms with E-state index in [9.17, 15) is 0 Å². The molecule has 1 aliphatic rings. The van der Waals surface area contributed by atoms with Gasteiger partial charge in [0.05, 0.1) is 0 Å².